The standard InChI is InChI=1S/C21H26N2/c1-6-11-17(10-5)20(13-8-3)22-15-18-16-23-21(14-9-4)19(18)12-7-2/h6-14,16,22-23H,1,3,5,15H2,2,4H3/b12-7-,14-9-,17-11-,20-13+. The van der Waals surface area contributed by atoms with Gasteiger partial charge >= 0.3 is 0 Å². The minimum Gasteiger partial charge on any atom is -0.380 e. The Balaban J connectivity index is 3.05. The summed E-state index contributed by atoms with van der Waals surface area (Å²) in [7, 11) is 0. The Bertz CT molecular complexity index is 664. The van der Waals surface area contributed by atoms with Crippen molar-refractivity contribution in [3.63, 3.8) is 0 Å². The molecule has 0 spiro atoms. The van der Waals surface area contributed by atoms with Crippen LogP contribution in [0.2, 0.25) is 0 Å². The van der Waals surface area contributed by atoms with E-state index >= 15 is 0 Å². The monoisotopic (exact) mass is 306 g/mol. The summed E-state index contributed by atoms with van der Waals surface area (Å²) in [6.45, 7) is 16.1. The Morgan fingerprint density at radius 1 is 1.09 bits per heavy atom. The Labute approximate surface area is 140 Å². The van der Waals surface area contributed by atoms with Crippen LogP contribution in [0.5, 0.6) is 0 Å². The number of allylic oxidation sites excluding steroid dienone is 7. The van der Waals surface area contributed by atoms with Gasteiger partial charge in [-0.1, -0.05) is 62.3 Å². The molecule has 0 saturated carbocycles. The van der Waals surface area contributed by atoms with Gasteiger partial charge in [0.25, 0.3) is 0 Å². The van der Waals surface area contributed by atoms with Gasteiger partial charge in [-0.25, -0.2) is 0 Å². The fraction of sp³-hybridized carbons (Fsp3) is 0.143. The fourth-order valence-corrected chi connectivity index (χ4v) is 2.27. The summed E-state index contributed by atoms with van der Waals surface area (Å²) in [4.78, 5) is 3.32. The van der Waals surface area contributed by atoms with Crippen molar-refractivity contribution in [3.8, 4) is 0 Å². The molecule has 0 atom stereocenters. The van der Waals surface area contributed by atoms with Crippen molar-refractivity contribution in [1.29, 1.82) is 0 Å². The van der Waals surface area contributed by atoms with Gasteiger partial charge in [0, 0.05) is 29.7 Å². The van der Waals surface area contributed by atoms with Crippen LogP contribution in [0.4, 0.5) is 0 Å². The average Bonchev–Trinajstić information content (AvgIpc) is 2.92. The Kier molecular flexibility index (Phi) is 8.01. The zero-order valence-electron chi connectivity index (χ0n) is 14.1. The zero-order chi connectivity index (χ0) is 17.1. The van der Waals surface area contributed by atoms with Gasteiger partial charge in [-0.05, 0) is 37.1 Å². The van der Waals surface area contributed by atoms with Crippen LogP contribution in [0, 0.1) is 0 Å². The molecule has 23 heavy (non-hydrogen) atoms. The van der Waals surface area contributed by atoms with Gasteiger partial charge in [-0.2, -0.15) is 0 Å². The molecule has 2 heteroatoms. The van der Waals surface area contributed by atoms with Gasteiger partial charge in [-0.15, -0.1) is 0 Å². The quantitative estimate of drug-likeness (QED) is 0.576. The summed E-state index contributed by atoms with van der Waals surface area (Å²) in [6, 6.07) is 0. The highest BCUT2D eigenvalue weighted by atomic mass is 14.9. The van der Waals surface area contributed by atoms with Gasteiger partial charge in [0.2, 0.25) is 0 Å². The van der Waals surface area contributed by atoms with E-state index in [2.05, 4.69) is 42.2 Å². The molecule has 1 heterocycles. The maximum atomic E-state index is 3.86. The number of aromatic nitrogens is 1. The Hall–Kier alpha value is -2.74. The largest absolute Gasteiger partial charge is 0.380 e. The van der Waals surface area contributed by atoms with Crippen molar-refractivity contribution in [2.75, 3.05) is 0 Å². The normalized spacial score (nSPS) is 12.8. The number of rotatable bonds is 9. The summed E-state index contributed by atoms with van der Waals surface area (Å²) in [6.07, 6.45) is 19.5. The van der Waals surface area contributed by atoms with Crippen LogP contribution in [0.15, 0.2) is 79.7 Å². The van der Waals surface area contributed by atoms with E-state index in [1.54, 1.807) is 18.2 Å². The van der Waals surface area contributed by atoms with Gasteiger partial charge in [0.05, 0.1) is 0 Å². The highest BCUT2D eigenvalue weighted by molar-refractivity contribution is 5.65. The maximum absolute atomic E-state index is 3.86. The molecule has 2 N–H and O–H groups in total. The van der Waals surface area contributed by atoms with E-state index in [0.717, 1.165) is 17.0 Å². The second kappa shape index (κ2) is 10.1. The molecule has 0 bridgehead atoms. The van der Waals surface area contributed by atoms with Crippen molar-refractivity contribution in [2.45, 2.75) is 20.4 Å². The smallest absolute Gasteiger partial charge is 0.0454 e. The summed E-state index contributed by atoms with van der Waals surface area (Å²) < 4.78 is 0. The second-order valence-electron chi connectivity index (χ2n) is 4.87. The van der Waals surface area contributed by atoms with Crippen LogP contribution in [-0.4, -0.2) is 4.98 Å². The third-order valence-electron chi connectivity index (χ3n) is 3.29. The van der Waals surface area contributed by atoms with E-state index < -0.39 is 0 Å². The molecule has 0 radical (unpaired) electrons. The second-order valence-corrected chi connectivity index (χ2v) is 4.87. The lowest BCUT2D eigenvalue weighted by Crippen LogP contribution is -2.14. The first-order chi connectivity index (χ1) is 11.2. The van der Waals surface area contributed by atoms with Gasteiger partial charge in [0.15, 0.2) is 0 Å². The minimum atomic E-state index is 0.704. The third-order valence-corrected chi connectivity index (χ3v) is 3.29. The van der Waals surface area contributed by atoms with Crippen LogP contribution in [-0.2, 0) is 6.54 Å². The Morgan fingerprint density at radius 3 is 2.35 bits per heavy atom. The van der Waals surface area contributed by atoms with E-state index in [9.17, 15) is 0 Å². The molecule has 0 amide bonds. The molecule has 2 nitrogen and oxygen atoms in total. The fourth-order valence-electron chi connectivity index (χ4n) is 2.27. The lowest BCUT2D eigenvalue weighted by atomic mass is 10.1. The minimum absolute atomic E-state index is 0.704. The number of H-pyrrole nitrogens is 1. The molecule has 0 aliphatic rings. The highest BCUT2D eigenvalue weighted by Crippen LogP contribution is 2.19. The van der Waals surface area contributed by atoms with Crippen molar-refractivity contribution >= 4 is 12.2 Å². The molecule has 120 valence electrons. The molecule has 0 fully saturated rings. The number of nitrogens with one attached hydrogen (secondary N) is 2. The van der Waals surface area contributed by atoms with Crippen LogP contribution in [0.3, 0.4) is 0 Å². The van der Waals surface area contributed by atoms with E-state index in [1.165, 1.54) is 11.1 Å². The summed E-state index contributed by atoms with van der Waals surface area (Å²) in [5, 5.41) is 3.45. The van der Waals surface area contributed by atoms with Crippen molar-refractivity contribution in [3.05, 3.63) is 96.6 Å². The molecule has 0 saturated heterocycles. The first kappa shape index (κ1) is 18.3. The lowest BCUT2D eigenvalue weighted by Gasteiger charge is -2.12. The molecule has 0 unspecified atom stereocenters. The molecule has 0 aliphatic carbocycles. The molecule has 0 aromatic carbocycles. The first-order valence-electron chi connectivity index (χ1n) is 7.69. The summed E-state index contributed by atoms with van der Waals surface area (Å²) >= 11 is 0. The van der Waals surface area contributed by atoms with E-state index in [-0.39, 0.29) is 0 Å². The summed E-state index contributed by atoms with van der Waals surface area (Å²) in [5.41, 5.74) is 5.46. The molecular weight excluding hydrogens is 280 g/mol. The van der Waals surface area contributed by atoms with Gasteiger partial charge < -0.3 is 10.3 Å². The van der Waals surface area contributed by atoms with Crippen molar-refractivity contribution < 1.29 is 0 Å². The van der Waals surface area contributed by atoms with E-state index in [0.29, 0.717) is 6.54 Å². The van der Waals surface area contributed by atoms with Crippen molar-refractivity contribution in [1.82, 2.24) is 10.3 Å². The average molecular weight is 306 g/mol. The number of hydrogen-bond acceptors (Lipinski definition) is 1. The van der Waals surface area contributed by atoms with Crippen LogP contribution in [0.25, 0.3) is 12.2 Å². The number of aromatic amines is 1. The lowest BCUT2D eigenvalue weighted by molar-refractivity contribution is 0.825. The highest BCUT2D eigenvalue weighted by Gasteiger charge is 2.07. The molecule has 1 aromatic rings. The molecule has 1 rings (SSSR count). The van der Waals surface area contributed by atoms with Crippen molar-refractivity contribution in [2.24, 2.45) is 0 Å². The van der Waals surface area contributed by atoms with Crippen LogP contribution >= 0.6 is 0 Å². The zero-order valence-corrected chi connectivity index (χ0v) is 14.1. The van der Waals surface area contributed by atoms with Gasteiger partial charge in [0.1, 0.15) is 0 Å². The predicted molar refractivity (Wildman–Crippen MR) is 104 cm³/mol. The van der Waals surface area contributed by atoms with E-state index in [4.69, 9.17) is 0 Å². The predicted octanol–water partition coefficient (Wildman–Crippen LogP) is 5.54. The SMILES string of the molecule is C=C/C=C(C=C)\C(=C/C=C)NCc1c[nH]c(/C=C\C)c1/C=C\C. The van der Waals surface area contributed by atoms with Crippen LogP contribution < -0.4 is 5.32 Å². The molecule has 1 aromatic heterocycles. The van der Waals surface area contributed by atoms with Gasteiger partial charge in [-0.3, -0.25) is 0 Å². The first-order valence-corrected chi connectivity index (χ1v) is 7.69. The number of hydrogen-bond donors (Lipinski definition) is 2. The molecular formula is C21H26N2. The Morgan fingerprint density at radius 2 is 1.78 bits per heavy atom. The third kappa shape index (κ3) is 5.19. The maximum Gasteiger partial charge on any atom is 0.0454 e. The topological polar surface area (TPSA) is 27.8 Å². The molecule has 0 aliphatic heterocycles. The van der Waals surface area contributed by atoms with Crippen LogP contribution in [0.1, 0.15) is 30.7 Å². The summed E-state index contributed by atoms with van der Waals surface area (Å²) in [5.74, 6) is 0. The van der Waals surface area contributed by atoms with E-state index in [1.807, 2.05) is 44.3 Å².